The number of aryl methyl sites for hydroxylation is 1. The Morgan fingerprint density at radius 2 is 2.29 bits per heavy atom. The highest BCUT2D eigenvalue weighted by molar-refractivity contribution is 7.91. The summed E-state index contributed by atoms with van der Waals surface area (Å²) in [4.78, 5) is 4.29. The fraction of sp³-hybridized carbons (Fsp3) is 0.583. The Kier molecular flexibility index (Phi) is 3.73. The van der Waals surface area contributed by atoms with Crippen LogP contribution in [0.25, 0.3) is 0 Å². The van der Waals surface area contributed by atoms with Gasteiger partial charge in [0.05, 0.1) is 11.5 Å². The van der Waals surface area contributed by atoms with Gasteiger partial charge in [-0.2, -0.15) is 0 Å². The molecule has 1 aliphatic heterocycles. The molecule has 5 heteroatoms. The minimum absolute atomic E-state index is 0.0739. The fourth-order valence-corrected chi connectivity index (χ4v) is 4.45. The summed E-state index contributed by atoms with van der Waals surface area (Å²) < 4.78 is 22.7. The van der Waals surface area contributed by atoms with Crippen molar-refractivity contribution in [3.63, 3.8) is 0 Å². The molecule has 17 heavy (non-hydrogen) atoms. The van der Waals surface area contributed by atoms with Gasteiger partial charge in [-0.1, -0.05) is 6.07 Å². The average Bonchev–Trinajstić information content (AvgIpc) is 2.62. The lowest BCUT2D eigenvalue weighted by Gasteiger charge is -2.14. The third-order valence-electron chi connectivity index (χ3n) is 3.16. The molecule has 3 nitrogen and oxygen atoms in total. The van der Waals surface area contributed by atoms with E-state index in [1.165, 1.54) is 0 Å². The highest BCUT2D eigenvalue weighted by atomic mass is 35.5. The molecule has 0 saturated carbocycles. The van der Waals surface area contributed by atoms with Crippen molar-refractivity contribution >= 4 is 21.4 Å². The van der Waals surface area contributed by atoms with Crippen molar-refractivity contribution in [2.45, 2.75) is 25.1 Å². The molecule has 0 aliphatic carbocycles. The van der Waals surface area contributed by atoms with Crippen LogP contribution in [0, 0.1) is 12.8 Å². The van der Waals surface area contributed by atoms with Gasteiger partial charge >= 0.3 is 0 Å². The lowest BCUT2D eigenvalue weighted by atomic mass is 10.0. The van der Waals surface area contributed by atoms with Crippen LogP contribution in [0.15, 0.2) is 18.3 Å². The predicted molar refractivity (Wildman–Crippen MR) is 69.1 cm³/mol. The van der Waals surface area contributed by atoms with Gasteiger partial charge in [-0.05, 0) is 30.9 Å². The van der Waals surface area contributed by atoms with E-state index in [4.69, 9.17) is 11.6 Å². The summed E-state index contributed by atoms with van der Waals surface area (Å²) in [5.41, 5.74) is 2.04. The number of sulfone groups is 1. The van der Waals surface area contributed by atoms with Crippen LogP contribution >= 0.6 is 11.6 Å². The number of nitrogens with zero attached hydrogens (tertiary/aromatic N) is 1. The molecule has 2 heterocycles. The molecule has 1 aromatic heterocycles. The van der Waals surface area contributed by atoms with Gasteiger partial charge in [0.2, 0.25) is 0 Å². The summed E-state index contributed by atoms with van der Waals surface area (Å²) in [6.45, 7) is 1.98. The second-order valence-electron chi connectivity index (χ2n) is 4.71. The first-order valence-corrected chi connectivity index (χ1v) is 7.98. The maximum atomic E-state index is 11.4. The van der Waals surface area contributed by atoms with E-state index in [1.54, 1.807) is 0 Å². The van der Waals surface area contributed by atoms with Crippen LogP contribution in [-0.2, 0) is 16.3 Å². The van der Waals surface area contributed by atoms with Crippen molar-refractivity contribution in [1.82, 2.24) is 4.98 Å². The van der Waals surface area contributed by atoms with E-state index >= 15 is 0 Å². The second-order valence-corrected chi connectivity index (χ2v) is 7.50. The van der Waals surface area contributed by atoms with Crippen LogP contribution in [0.3, 0.4) is 0 Å². The van der Waals surface area contributed by atoms with E-state index < -0.39 is 9.84 Å². The number of hydrogen-bond acceptors (Lipinski definition) is 3. The Labute approximate surface area is 107 Å². The van der Waals surface area contributed by atoms with Crippen molar-refractivity contribution in [2.24, 2.45) is 5.92 Å². The first-order chi connectivity index (χ1) is 7.96. The van der Waals surface area contributed by atoms with Crippen molar-refractivity contribution < 1.29 is 8.42 Å². The molecule has 0 aromatic carbocycles. The van der Waals surface area contributed by atoms with Crippen LogP contribution in [0.1, 0.15) is 17.7 Å². The first-order valence-electron chi connectivity index (χ1n) is 5.72. The molecule has 1 saturated heterocycles. The molecule has 1 fully saturated rings. The molecule has 2 unspecified atom stereocenters. The van der Waals surface area contributed by atoms with Crippen molar-refractivity contribution in [3.05, 3.63) is 29.6 Å². The Morgan fingerprint density at radius 1 is 1.53 bits per heavy atom. The van der Waals surface area contributed by atoms with Crippen LogP contribution in [0.2, 0.25) is 0 Å². The van der Waals surface area contributed by atoms with Gasteiger partial charge in [-0.25, -0.2) is 8.42 Å². The maximum absolute atomic E-state index is 11.4. The second kappa shape index (κ2) is 4.94. The zero-order valence-electron chi connectivity index (χ0n) is 9.77. The summed E-state index contributed by atoms with van der Waals surface area (Å²) in [6, 6.07) is 3.95. The van der Waals surface area contributed by atoms with Crippen LogP contribution < -0.4 is 0 Å². The number of rotatable bonds is 3. The van der Waals surface area contributed by atoms with E-state index in [1.807, 2.05) is 25.3 Å². The number of pyridine rings is 1. The number of halogens is 1. The van der Waals surface area contributed by atoms with Crippen molar-refractivity contribution in [1.29, 1.82) is 0 Å². The molecule has 1 aromatic rings. The van der Waals surface area contributed by atoms with Gasteiger partial charge in [-0.15, -0.1) is 11.6 Å². The van der Waals surface area contributed by atoms with E-state index in [-0.39, 0.29) is 22.8 Å². The molecule has 1 aliphatic rings. The van der Waals surface area contributed by atoms with E-state index in [2.05, 4.69) is 4.98 Å². The van der Waals surface area contributed by atoms with Crippen molar-refractivity contribution in [3.8, 4) is 0 Å². The van der Waals surface area contributed by atoms with Gasteiger partial charge in [-0.3, -0.25) is 4.98 Å². The Balaban J connectivity index is 1.98. The molecule has 2 atom stereocenters. The van der Waals surface area contributed by atoms with Gasteiger partial charge in [0.1, 0.15) is 0 Å². The molecular weight excluding hydrogens is 258 g/mol. The lowest BCUT2D eigenvalue weighted by molar-refractivity contribution is 0.547. The maximum Gasteiger partial charge on any atom is 0.150 e. The van der Waals surface area contributed by atoms with Gasteiger partial charge in [0.15, 0.2) is 9.84 Å². The topological polar surface area (TPSA) is 47.0 Å². The zero-order valence-corrected chi connectivity index (χ0v) is 11.3. The SMILES string of the molecule is Cc1ccc(CC(Cl)C2CCS(=O)(=O)C2)nc1. The summed E-state index contributed by atoms with van der Waals surface area (Å²) in [6.07, 6.45) is 3.13. The molecule has 94 valence electrons. The lowest BCUT2D eigenvalue weighted by Crippen LogP contribution is -2.19. The Morgan fingerprint density at radius 3 is 2.82 bits per heavy atom. The first kappa shape index (κ1) is 12.8. The summed E-state index contributed by atoms with van der Waals surface area (Å²) in [5, 5.41) is -0.137. The fourth-order valence-electron chi connectivity index (χ4n) is 2.09. The van der Waals surface area contributed by atoms with Gasteiger partial charge < -0.3 is 0 Å². The van der Waals surface area contributed by atoms with Crippen LogP contribution in [0.4, 0.5) is 0 Å². The van der Waals surface area contributed by atoms with Crippen LogP contribution in [-0.4, -0.2) is 30.3 Å². The zero-order chi connectivity index (χ0) is 12.5. The number of alkyl halides is 1. The number of aromatic nitrogens is 1. The third kappa shape index (κ3) is 3.42. The Hall–Kier alpha value is -0.610. The van der Waals surface area contributed by atoms with Crippen molar-refractivity contribution in [2.75, 3.05) is 11.5 Å². The molecule has 0 bridgehead atoms. The molecule has 0 radical (unpaired) electrons. The molecule has 0 amide bonds. The normalized spacial score (nSPS) is 24.7. The van der Waals surface area contributed by atoms with Crippen LogP contribution in [0.5, 0.6) is 0 Å². The average molecular weight is 274 g/mol. The van der Waals surface area contributed by atoms with E-state index in [9.17, 15) is 8.42 Å². The molecular formula is C12H16ClNO2S. The smallest absolute Gasteiger partial charge is 0.150 e. The standard InChI is InChI=1S/C12H16ClNO2S/c1-9-2-3-11(14-7-9)6-12(13)10-4-5-17(15,16)8-10/h2-3,7,10,12H,4-6,8H2,1H3. The third-order valence-corrected chi connectivity index (χ3v) is 5.46. The quantitative estimate of drug-likeness (QED) is 0.791. The largest absolute Gasteiger partial charge is 0.261 e. The minimum atomic E-state index is -2.84. The minimum Gasteiger partial charge on any atom is -0.261 e. The summed E-state index contributed by atoms with van der Waals surface area (Å²) in [7, 11) is -2.84. The molecule has 0 spiro atoms. The molecule has 2 rings (SSSR count). The molecule has 0 N–H and O–H groups in total. The van der Waals surface area contributed by atoms with Gasteiger partial charge in [0.25, 0.3) is 0 Å². The summed E-state index contributed by atoms with van der Waals surface area (Å²) >= 11 is 6.28. The summed E-state index contributed by atoms with van der Waals surface area (Å²) in [5.74, 6) is 0.583. The number of hydrogen-bond donors (Lipinski definition) is 0. The predicted octanol–water partition coefficient (Wildman–Crippen LogP) is 1.97. The van der Waals surface area contributed by atoms with E-state index in [0.29, 0.717) is 12.8 Å². The van der Waals surface area contributed by atoms with E-state index in [0.717, 1.165) is 11.3 Å². The Bertz CT molecular complexity index is 484. The highest BCUT2D eigenvalue weighted by Crippen LogP contribution is 2.27. The monoisotopic (exact) mass is 273 g/mol. The highest BCUT2D eigenvalue weighted by Gasteiger charge is 2.32. The van der Waals surface area contributed by atoms with Gasteiger partial charge in [0, 0.05) is 23.7 Å².